The minimum Gasteiger partial charge on any atom is -0.490 e. The Kier molecular flexibility index (Phi) is 4.47. The highest BCUT2D eigenvalue weighted by Crippen LogP contribution is 2.11. The second-order valence-corrected chi connectivity index (χ2v) is 3.20. The van der Waals surface area contributed by atoms with Gasteiger partial charge in [0.05, 0.1) is 0 Å². The maximum absolute atomic E-state index is 10.3. The van der Waals surface area contributed by atoms with Gasteiger partial charge in [0.1, 0.15) is 19.0 Å². The Morgan fingerprint density at radius 3 is 3.00 bits per heavy atom. The van der Waals surface area contributed by atoms with Gasteiger partial charge < -0.3 is 15.2 Å². The van der Waals surface area contributed by atoms with Crippen molar-refractivity contribution in [1.29, 1.82) is 0 Å². The van der Waals surface area contributed by atoms with Crippen LogP contribution in [0.1, 0.15) is 13.3 Å². The van der Waals surface area contributed by atoms with E-state index in [-0.39, 0.29) is 6.61 Å². The van der Waals surface area contributed by atoms with Crippen LogP contribution < -0.4 is 5.73 Å². The van der Waals surface area contributed by atoms with Gasteiger partial charge in [-0.1, -0.05) is 17.7 Å². The molecule has 1 rings (SSSR count). The van der Waals surface area contributed by atoms with Crippen molar-refractivity contribution in [1.82, 2.24) is 0 Å². The average molecular weight is 209 g/mol. The van der Waals surface area contributed by atoms with Gasteiger partial charge in [-0.2, -0.15) is 0 Å². The topological polar surface area (TPSA) is 61.6 Å². The van der Waals surface area contributed by atoms with Gasteiger partial charge in [-0.05, 0) is 25.5 Å². The quantitative estimate of drug-likeness (QED) is 0.719. The fourth-order valence-electron chi connectivity index (χ4n) is 1.11. The van der Waals surface area contributed by atoms with Crippen molar-refractivity contribution in [2.24, 2.45) is 5.73 Å². The number of primary amides is 1. The minimum atomic E-state index is -0.778. The first-order valence-electron chi connectivity index (χ1n) is 4.77. The first-order valence-corrected chi connectivity index (χ1v) is 4.77. The monoisotopic (exact) mass is 209 g/mol. The van der Waals surface area contributed by atoms with Crippen LogP contribution in [0.4, 0.5) is 4.79 Å². The van der Waals surface area contributed by atoms with Crippen LogP contribution in [0.3, 0.4) is 0 Å². The molecule has 1 amide bonds. The molecular weight excluding hydrogens is 194 g/mol. The van der Waals surface area contributed by atoms with Crippen LogP contribution >= 0.6 is 0 Å². The molecule has 1 aliphatic rings. The molecule has 0 saturated heterocycles. The number of amides is 1. The van der Waals surface area contributed by atoms with Gasteiger partial charge in [0.2, 0.25) is 0 Å². The van der Waals surface area contributed by atoms with E-state index in [0.29, 0.717) is 6.61 Å². The molecule has 0 aliphatic heterocycles. The number of nitrogens with two attached hydrogens (primary N) is 1. The van der Waals surface area contributed by atoms with Gasteiger partial charge in [0, 0.05) is 0 Å². The molecule has 0 spiro atoms. The SMILES string of the molecule is CC1=CC=C(OCCOC(N)=O)C=CC1. The van der Waals surface area contributed by atoms with Crippen molar-refractivity contribution in [3.05, 3.63) is 35.6 Å². The molecule has 0 bridgehead atoms. The van der Waals surface area contributed by atoms with Crippen molar-refractivity contribution in [2.45, 2.75) is 13.3 Å². The van der Waals surface area contributed by atoms with Crippen molar-refractivity contribution >= 4 is 6.09 Å². The number of carbonyl (C=O) groups is 1. The highest BCUT2D eigenvalue weighted by molar-refractivity contribution is 5.64. The summed E-state index contributed by atoms with van der Waals surface area (Å²) in [6.07, 6.45) is 7.98. The zero-order valence-electron chi connectivity index (χ0n) is 8.73. The van der Waals surface area contributed by atoms with E-state index in [9.17, 15) is 4.79 Å². The van der Waals surface area contributed by atoms with E-state index in [1.165, 1.54) is 5.57 Å². The molecule has 0 fully saturated rings. The van der Waals surface area contributed by atoms with Gasteiger partial charge in [-0.3, -0.25) is 0 Å². The third-order valence-electron chi connectivity index (χ3n) is 1.85. The van der Waals surface area contributed by atoms with E-state index in [2.05, 4.69) is 11.7 Å². The smallest absolute Gasteiger partial charge is 0.404 e. The normalized spacial score (nSPS) is 15.0. The van der Waals surface area contributed by atoms with E-state index in [0.717, 1.165) is 12.2 Å². The van der Waals surface area contributed by atoms with Crippen LogP contribution in [0.15, 0.2) is 35.6 Å². The molecule has 4 heteroatoms. The molecule has 0 unspecified atom stereocenters. The summed E-state index contributed by atoms with van der Waals surface area (Å²) < 4.78 is 9.89. The minimum absolute atomic E-state index is 0.170. The van der Waals surface area contributed by atoms with Crippen molar-refractivity contribution in [3.63, 3.8) is 0 Å². The Bertz CT molecular complexity index is 316. The Balaban J connectivity index is 2.29. The summed E-state index contributed by atoms with van der Waals surface area (Å²) in [7, 11) is 0. The van der Waals surface area contributed by atoms with E-state index in [1.54, 1.807) is 0 Å². The van der Waals surface area contributed by atoms with Crippen LogP contribution in [0.5, 0.6) is 0 Å². The first kappa shape index (κ1) is 11.4. The summed E-state index contributed by atoms with van der Waals surface area (Å²) in [6.45, 7) is 2.54. The largest absolute Gasteiger partial charge is 0.490 e. The van der Waals surface area contributed by atoms with Gasteiger partial charge in [-0.15, -0.1) is 0 Å². The molecule has 0 radical (unpaired) electrons. The summed E-state index contributed by atoms with van der Waals surface area (Å²) >= 11 is 0. The van der Waals surface area contributed by atoms with Crippen LogP contribution in [0, 0.1) is 0 Å². The summed E-state index contributed by atoms with van der Waals surface area (Å²) in [4.78, 5) is 10.3. The van der Waals surface area contributed by atoms with Gasteiger partial charge in [0.15, 0.2) is 0 Å². The fourth-order valence-corrected chi connectivity index (χ4v) is 1.11. The maximum Gasteiger partial charge on any atom is 0.404 e. The predicted molar refractivity (Wildman–Crippen MR) is 57.1 cm³/mol. The number of hydrogen-bond donors (Lipinski definition) is 1. The fraction of sp³-hybridized carbons (Fsp3) is 0.364. The number of allylic oxidation sites excluding steroid dienone is 5. The molecule has 0 aromatic carbocycles. The zero-order valence-corrected chi connectivity index (χ0v) is 8.73. The number of rotatable bonds is 4. The molecule has 0 saturated carbocycles. The highest BCUT2D eigenvalue weighted by atomic mass is 16.6. The van der Waals surface area contributed by atoms with Gasteiger partial charge >= 0.3 is 6.09 Å². The lowest BCUT2D eigenvalue weighted by atomic mass is 10.2. The van der Waals surface area contributed by atoms with Crippen LogP contribution in [0.2, 0.25) is 0 Å². The molecule has 2 N–H and O–H groups in total. The highest BCUT2D eigenvalue weighted by Gasteiger charge is 1.98. The summed E-state index contributed by atoms with van der Waals surface area (Å²) in [5.41, 5.74) is 6.08. The summed E-state index contributed by atoms with van der Waals surface area (Å²) in [5.74, 6) is 0.764. The standard InChI is InChI=1S/C11H15NO3/c1-9-3-2-4-10(6-5-9)14-7-8-15-11(12)13/h2,4-6H,3,7-8H2,1H3,(H2,12,13). The Labute approximate surface area is 89.0 Å². The summed E-state index contributed by atoms with van der Waals surface area (Å²) in [6, 6.07) is 0. The Morgan fingerprint density at radius 2 is 2.27 bits per heavy atom. The molecule has 82 valence electrons. The lowest BCUT2D eigenvalue weighted by molar-refractivity contribution is 0.113. The third-order valence-corrected chi connectivity index (χ3v) is 1.85. The van der Waals surface area contributed by atoms with Crippen LogP contribution in [-0.4, -0.2) is 19.3 Å². The lowest BCUT2D eigenvalue weighted by Gasteiger charge is -2.05. The summed E-state index contributed by atoms with van der Waals surface area (Å²) in [5, 5.41) is 0. The van der Waals surface area contributed by atoms with Crippen molar-refractivity contribution < 1.29 is 14.3 Å². The Morgan fingerprint density at radius 1 is 1.47 bits per heavy atom. The predicted octanol–water partition coefficient (Wildman–Crippen LogP) is 1.89. The molecule has 4 nitrogen and oxygen atoms in total. The molecule has 1 aliphatic carbocycles. The van der Waals surface area contributed by atoms with Crippen LogP contribution in [0.25, 0.3) is 0 Å². The zero-order chi connectivity index (χ0) is 11.1. The van der Waals surface area contributed by atoms with Crippen molar-refractivity contribution in [2.75, 3.05) is 13.2 Å². The van der Waals surface area contributed by atoms with E-state index < -0.39 is 6.09 Å². The number of ether oxygens (including phenoxy) is 2. The average Bonchev–Trinajstić information content (AvgIpc) is 2.38. The van der Waals surface area contributed by atoms with Gasteiger partial charge in [-0.25, -0.2) is 4.79 Å². The van der Waals surface area contributed by atoms with Crippen LogP contribution in [-0.2, 0) is 9.47 Å². The van der Waals surface area contributed by atoms with E-state index in [1.807, 2.05) is 24.3 Å². The Hall–Kier alpha value is -1.71. The van der Waals surface area contributed by atoms with Gasteiger partial charge in [0.25, 0.3) is 0 Å². The molecule has 0 heterocycles. The van der Waals surface area contributed by atoms with E-state index in [4.69, 9.17) is 10.5 Å². The molecular formula is C11H15NO3. The van der Waals surface area contributed by atoms with E-state index >= 15 is 0 Å². The number of carbonyl (C=O) groups excluding carboxylic acids is 1. The molecule has 15 heavy (non-hydrogen) atoms. The lowest BCUT2D eigenvalue weighted by Crippen LogP contribution is -2.16. The molecule has 0 aromatic rings. The second kappa shape index (κ2) is 5.90. The second-order valence-electron chi connectivity index (χ2n) is 3.20. The first-order chi connectivity index (χ1) is 7.18. The van der Waals surface area contributed by atoms with Crippen molar-refractivity contribution in [3.8, 4) is 0 Å². The number of hydrogen-bond acceptors (Lipinski definition) is 3. The maximum atomic E-state index is 10.3. The molecule has 0 aromatic heterocycles. The third kappa shape index (κ3) is 4.90. The molecule has 0 atom stereocenters.